The van der Waals surface area contributed by atoms with Crippen molar-refractivity contribution in [1.82, 2.24) is 0 Å². The fourth-order valence-electron chi connectivity index (χ4n) is 3.49. The molecule has 1 aliphatic rings. The number of benzene rings is 3. The van der Waals surface area contributed by atoms with Crippen molar-refractivity contribution in [2.75, 3.05) is 4.90 Å². The number of aliphatic hydroxyl groups is 1. The standard InChI is InChI=1S/C24H16F3NO2/c25-24(26,27)20-13-7-12-19-21(20)28(16-18-10-5-2-6-11-18)22(29)23(19,30)15-14-17-8-3-1-4-9-17/h1-13,30H,16H2/t23-/m0/s1. The molecule has 1 amide bonds. The number of amides is 1. The van der Waals surface area contributed by atoms with Crippen LogP contribution in [0, 0.1) is 11.8 Å². The molecule has 0 saturated carbocycles. The minimum absolute atomic E-state index is 0.116. The smallest absolute Gasteiger partial charge is 0.366 e. The highest BCUT2D eigenvalue weighted by Crippen LogP contribution is 2.47. The van der Waals surface area contributed by atoms with E-state index in [0.29, 0.717) is 11.1 Å². The fraction of sp³-hybridized carbons (Fsp3) is 0.125. The Morgan fingerprint density at radius 1 is 0.900 bits per heavy atom. The summed E-state index contributed by atoms with van der Waals surface area (Å²) >= 11 is 0. The van der Waals surface area contributed by atoms with Gasteiger partial charge in [-0.1, -0.05) is 66.6 Å². The van der Waals surface area contributed by atoms with Crippen molar-refractivity contribution in [1.29, 1.82) is 0 Å². The number of hydrogen-bond acceptors (Lipinski definition) is 2. The maximum atomic E-state index is 13.7. The van der Waals surface area contributed by atoms with Gasteiger partial charge in [-0.05, 0) is 29.7 Å². The van der Waals surface area contributed by atoms with Gasteiger partial charge in [0.15, 0.2) is 0 Å². The van der Waals surface area contributed by atoms with E-state index in [1.54, 1.807) is 60.7 Å². The molecule has 1 heterocycles. The lowest BCUT2D eigenvalue weighted by atomic mass is 9.94. The quantitative estimate of drug-likeness (QED) is 0.636. The molecule has 6 heteroatoms. The van der Waals surface area contributed by atoms with Crippen LogP contribution < -0.4 is 4.90 Å². The molecule has 0 bridgehead atoms. The third-order valence-corrected chi connectivity index (χ3v) is 4.90. The number of nitrogens with zero attached hydrogens (tertiary/aromatic N) is 1. The van der Waals surface area contributed by atoms with E-state index in [1.807, 2.05) is 0 Å². The Balaban J connectivity index is 1.87. The van der Waals surface area contributed by atoms with Gasteiger partial charge in [-0.2, -0.15) is 13.2 Å². The Morgan fingerprint density at radius 2 is 1.53 bits per heavy atom. The maximum Gasteiger partial charge on any atom is 0.418 e. The first-order valence-corrected chi connectivity index (χ1v) is 9.18. The van der Waals surface area contributed by atoms with Crippen molar-refractivity contribution in [3.05, 3.63) is 101 Å². The molecule has 0 fully saturated rings. The van der Waals surface area contributed by atoms with Gasteiger partial charge in [-0.25, -0.2) is 0 Å². The van der Waals surface area contributed by atoms with Crippen LogP contribution in [0.5, 0.6) is 0 Å². The van der Waals surface area contributed by atoms with Gasteiger partial charge in [0, 0.05) is 11.1 Å². The number of carbonyl (C=O) groups is 1. The predicted octanol–water partition coefficient (Wildman–Crippen LogP) is 4.49. The van der Waals surface area contributed by atoms with Crippen LogP contribution >= 0.6 is 0 Å². The van der Waals surface area contributed by atoms with Gasteiger partial charge in [0.05, 0.1) is 17.8 Å². The normalized spacial score (nSPS) is 18.0. The number of alkyl halides is 3. The first kappa shape index (κ1) is 19.7. The average molecular weight is 407 g/mol. The second-order valence-electron chi connectivity index (χ2n) is 6.90. The molecule has 3 nitrogen and oxygen atoms in total. The summed E-state index contributed by atoms with van der Waals surface area (Å²) in [6.45, 7) is -0.116. The van der Waals surface area contributed by atoms with Crippen molar-refractivity contribution in [2.45, 2.75) is 18.3 Å². The number of carbonyl (C=O) groups excluding carboxylic acids is 1. The number of para-hydroxylation sites is 1. The van der Waals surface area contributed by atoms with Gasteiger partial charge < -0.3 is 10.0 Å². The molecule has 0 spiro atoms. The number of halogens is 3. The van der Waals surface area contributed by atoms with Crippen LogP contribution in [-0.4, -0.2) is 11.0 Å². The zero-order valence-electron chi connectivity index (χ0n) is 15.6. The summed E-state index contributed by atoms with van der Waals surface area (Å²) in [5, 5.41) is 11.2. The number of hydrogen-bond donors (Lipinski definition) is 1. The van der Waals surface area contributed by atoms with E-state index in [1.165, 1.54) is 12.1 Å². The zero-order valence-corrected chi connectivity index (χ0v) is 15.6. The van der Waals surface area contributed by atoms with Gasteiger partial charge in [-0.15, -0.1) is 0 Å². The van der Waals surface area contributed by atoms with E-state index in [-0.39, 0.29) is 17.8 Å². The van der Waals surface area contributed by atoms with Gasteiger partial charge >= 0.3 is 6.18 Å². The van der Waals surface area contributed by atoms with E-state index in [9.17, 15) is 23.1 Å². The minimum Gasteiger partial charge on any atom is -0.366 e. The summed E-state index contributed by atoms with van der Waals surface area (Å²) < 4.78 is 41.2. The van der Waals surface area contributed by atoms with Gasteiger partial charge in [0.1, 0.15) is 0 Å². The summed E-state index contributed by atoms with van der Waals surface area (Å²) in [6, 6.07) is 20.7. The molecule has 1 aliphatic heterocycles. The first-order chi connectivity index (χ1) is 14.3. The van der Waals surface area contributed by atoms with Gasteiger partial charge in [0.25, 0.3) is 5.91 Å². The summed E-state index contributed by atoms with van der Waals surface area (Å²) in [6.07, 6.45) is -4.70. The molecule has 3 aromatic carbocycles. The van der Waals surface area contributed by atoms with Gasteiger partial charge in [0.2, 0.25) is 5.60 Å². The molecule has 0 saturated heterocycles. The molecule has 0 aliphatic carbocycles. The molecule has 150 valence electrons. The first-order valence-electron chi connectivity index (χ1n) is 9.18. The van der Waals surface area contributed by atoms with E-state index in [2.05, 4.69) is 11.8 Å². The highest BCUT2D eigenvalue weighted by Gasteiger charge is 2.52. The molecule has 0 unspecified atom stereocenters. The largest absolute Gasteiger partial charge is 0.418 e. The second kappa shape index (κ2) is 7.36. The van der Waals surface area contributed by atoms with Crippen molar-refractivity contribution in [3.63, 3.8) is 0 Å². The Kier molecular flexibility index (Phi) is 4.84. The maximum absolute atomic E-state index is 13.7. The van der Waals surface area contributed by atoms with Crippen LogP contribution in [-0.2, 0) is 23.1 Å². The molecule has 1 N–H and O–H groups in total. The predicted molar refractivity (Wildman–Crippen MR) is 106 cm³/mol. The fourth-order valence-corrected chi connectivity index (χ4v) is 3.49. The molecule has 4 rings (SSSR count). The van der Waals surface area contributed by atoms with E-state index < -0.39 is 23.2 Å². The number of fused-ring (bicyclic) bond motifs is 1. The summed E-state index contributed by atoms with van der Waals surface area (Å²) in [5.74, 6) is 4.33. The molecule has 0 aromatic heterocycles. The lowest BCUT2D eigenvalue weighted by Gasteiger charge is -2.21. The monoisotopic (exact) mass is 407 g/mol. The van der Waals surface area contributed by atoms with Crippen LogP contribution in [0.3, 0.4) is 0 Å². The van der Waals surface area contributed by atoms with Crippen LogP contribution in [0.15, 0.2) is 78.9 Å². The Labute approximate surface area is 171 Å². The van der Waals surface area contributed by atoms with Crippen LogP contribution in [0.4, 0.5) is 18.9 Å². The molecular formula is C24H16F3NO2. The lowest BCUT2D eigenvalue weighted by molar-refractivity contribution is -0.137. The van der Waals surface area contributed by atoms with Crippen LogP contribution in [0.2, 0.25) is 0 Å². The third kappa shape index (κ3) is 3.44. The van der Waals surface area contributed by atoms with Crippen LogP contribution in [0.1, 0.15) is 22.3 Å². The Bertz CT molecular complexity index is 1150. The third-order valence-electron chi connectivity index (χ3n) is 4.90. The van der Waals surface area contributed by atoms with Crippen molar-refractivity contribution in [2.24, 2.45) is 0 Å². The zero-order chi connectivity index (χ0) is 21.4. The lowest BCUT2D eigenvalue weighted by Crippen LogP contribution is -2.39. The topological polar surface area (TPSA) is 40.5 Å². The SMILES string of the molecule is O=C1N(Cc2ccccc2)c2c(C(F)(F)F)cccc2[C@@]1(O)C#Cc1ccccc1. The minimum atomic E-state index is -4.70. The van der Waals surface area contributed by atoms with Crippen LogP contribution in [0.25, 0.3) is 0 Å². The highest BCUT2D eigenvalue weighted by molar-refractivity contribution is 6.09. The number of rotatable bonds is 2. The van der Waals surface area contributed by atoms with E-state index in [4.69, 9.17) is 0 Å². The molecule has 3 aromatic rings. The van der Waals surface area contributed by atoms with Gasteiger partial charge in [-0.3, -0.25) is 4.79 Å². The molecular weight excluding hydrogens is 391 g/mol. The average Bonchev–Trinajstić information content (AvgIpc) is 2.95. The highest BCUT2D eigenvalue weighted by atomic mass is 19.4. The number of anilines is 1. The Morgan fingerprint density at radius 3 is 2.17 bits per heavy atom. The van der Waals surface area contributed by atoms with E-state index >= 15 is 0 Å². The Hall–Kier alpha value is -3.56. The molecule has 30 heavy (non-hydrogen) atoms. The summed E-state index contributed by atoms with van der Waals surface area (Å²) in [5.41, 5.74) is -2.71. The summed E-state index contributed by atoms with van der Waals surface area (Å²) in [4.78, 5) is 14.2. The molecule has 0 radical (unpaired) electrons. The summed E-state index contributed by atoms with van der Waals surface area (Å²) in [7, 11) is 0. The van der Waals surface area contributed by atoms with E-state index in [0.717, 1.165) is 11.0 Å². The van der Waals surface area contributed by atoms with Crippen molar-refractivity contribution < 1.29 is 23.1 Å². The molecule has 1 atom stereocenters. The van der Waals surface area contributed by atoms with Crippen molar-refractivity contribution >= 4 is 11.6 Å². The second-order valence-corrected chi connectivity index (χ2v) is 6.90. The van der Waals surface area contributed by atoms with Crippen molar-refractivity contribution in [3.8, 4) is 11.8 Å².